The Hall–Kier alpha value is -3.13. The summed E-state index contributed by atoms with van der Waals surface area (Å²) in [7, 11) is -1.38. The zero-order valence-electron chi connectivity index (χ0n) is 13.9. The van der Waals surface area contributed by atoms with E-state index in [1.165, 1.54) is 4.68 Å². The van der Waals surface area contributed by atoms with Gasteiger partial charge >= 0.3 is 0 Å². The van der Waals surface area contributed by atoms with Crippen LogP contribution in [0.2, 0.25) is 0 Å². The lowest BCUT2D eigenvalue weighted by Crippen LogP contribution is -2.23. The van der Waals surface area contributed by atoms with Gasteiger partial charge < -0.3 is 0 Å². The third-order valence-corrected chi connectivity index (χ3v) is 5.28. The Morgan fingerprint density at radius 1 is 1.19 bits per heavy atom. The number of nitrogens with one attached hydrogen (secondary N) is 1. The van der Waals surface area contributed by atoms with Gasteiger partial charge in [-0.25, -0.2) is 8.89 Å². The number of rotatable bonds is 4. The molecule has 0 saturated carbocycles. The van der Waals surface area contributed by atoms with Crippen LogP contribution in [0.15, 0.2) is 69.6 Å². The van der Waals surface area contributed by atoms with Gasteiger partial charge in [0.1, 0.15) is 15.8 Å². The molecule has 3 aromatic heterocycles. The molecule has 130 valence electrons. The number of aromatic amines is 1. The third kappa shape index (κ3) is 3.06. The van der Waals surface area contributed by atoms with E-state index in [0.717, 1.165) is 11.4 Å². The van der Waals surface area contributed by atoms with E-state index >= 15 is 0 Å². The van der Waals surface area contributed by atoms with Crippen LogP contribution in [0.4, 0.5) is 0 Å². The lowest BCUT2D eigenvalue weighted by Gasteiger charge is -2.07. The lowest BCUT2D eigenvalue weighted by atomic mass is 10.2. The number of fused-ring (bicyclic) bond motifs is 1. The molecule has 0 saturated heterocycles. The monoisotopic (exact) mass is 365 g/mol. The Morgan fingerprint density at radius 3 is 2.85 bits per heavy atom. The van der Waals surface area contributed by atoms with E-state index in [4.69, 9.17) is 0 Å². The number of H-pyrrole nitrogens is 1. The van der Waals surface area contributed by atoms with Crippen molar-refractivity contribution in [2.24, 2.45) is 0 Å². The summed E-state index contributed by atoms with van der Waals surface area (Å²) in [5.41, 5.74) is 1.46. The predicted molar refractivity (Wildman–Crippen MR) is 97.3 cm³/mol. The largest absolute Gasteiger partial charge is 0.274 e. The minimum Gasteiger partial charge on any atom is -0.269 e. The van der Waals surface area contributed by atoms with E-state index < -0.39 is 10.8 Å². The first-order valence-corrected chi connectivity index (χ1v) is 9.10. The third-order valence-electron chi connectivity index (χ3n) is 3.97. The van der Waals surface area contributed by atoms with Crippen molar-refractivity contribution in [2.45, 2.75) is 23.4 Å². The van der Waals surface area contributed by atoms with Crippen LogP contribution in [-0.2, 0) is 17.3 Å². The summed E-state index contributed by atoms with van der Waals surface area (Å²) in [6.07, 6.45) is 3.16. The van der Waals surface area contributed by atoms with E-state index in [1.807, 2.05) is 25.1 Å². The fourth-order valence-corrected chi connectivity index (χ4v) is 3.71. The number of hydrogen-bond donors (Lipinski definition) is 1. The smallest absolute Gasteiger partial charge is 0.269 e. The van der Waals surface area contributed by atoms with Crippen LogP contribution in [-0.4, -0.2) is 29.2 Å². The van der Waals surface area contributed by atoms with Gasteiger partial charge in [-0.15, -0.1) is 0 Å². The predicted octanol–water partition coefficient (Wildman–Crippen LogP) is 2.04. The van der Waals surface area contributed by atoms with E-state index in [9.17, 15) is 9.00 Å². The first kappa shape index (κ1) is 16.3. The molecule has 4 aromatic rings. The van der Waals surface area contributed by atoms with Crippen LogP contribution in [0, 0.1) is 6.92 Å². The van der Waals surface area contributed by atoms with Gasteiger partial charge in [-0.05, 0) is 43.3 Å². The van der Waals surface area contributed by atoms with Crippen LogP contribution in [0.25, 0.3) is 10.8 Å². The van der Waals surface area contributed by atoms with Crippen molar-refractivity contribution in [3.63, 3.8) is 0 Å². The molecule has 0 bridgehead atoms. The molecule has 1 N–H and O–H groups in total. The van der Waals surface area contributed by atoms with Crippen molar-refractivity contribution in [3.05, 3.63) is 76.6 Å². The van der Waals surface area contributed by atoms with Crippen molar-refractivity contribution in [3.8, 4) is 0 Å². The Bertz CT molecular complexity index is 1170. The molecular weight excluding hydrogens is 350 g/mol. The standard InChI is InChI=1S/C18H15N5O2S/c1-12-3-2-4-14(21-12)11-23-18(24)16-6-5-15(9-13(16)10-20-23)26(25)17-7-8-19-22-17/h2-10H,11H2,1H3,(H,19,22). The highest BCUT2D eigenvalue weighted by atomic mass is 32.2. The molecule has 0 aliphatic rings. The number of aryl methyl sites for hydroxylation is 1. The minimum atomic E-state index is -1.38. The molecule has 0 amide bonds. The van der Waals surface area contributed by atoms with Gasteiger partial charge in [0.2, 0.25) is 0 Å². The molecule has 8 heteroatoms. The molecule has 0 aliphatic heterocycles. The Kier molecular flexibility index (Phi) is 4.18. The highest BCUT2D eigenvalue weighted by Gasteiger charge is 2.11. The average molecular weight is 365 g/mol. The lowest BCUT2D eigenvalue weighted by molar-refractivity contribution is 0.634. The molecule has 1 aromatic carbocycles. The van der Waals surface area contributed by atoms with Crippen LogP contribution in [0.5, 0.6) is 0 Å². The summed E-state index contributed by atoms with van der Waals surface area (Å²) in [4.78, 5) is 17.7. The first-order valence-electron chi connectivity index (χ1n) is 7.95. The maximum Gasteiger partial charge on any atom is 0.274 e. The van der Waals surface area contributed by atoms with E-state index in [-0.39, 0.29) is 5.56 Å². The van der Waals surface area contributed by atoms with Gasteiger partial charge in [0.25, 0.3) is 5.56 Å². The van der Waals surface area contributed by atoms with Crippen molar-refractivity contribution >= 4 is 21.6 Å². The van der Waals surface area contributed by atoms with Crippen molar-refractivity contribution < 1.29 is 4.21 Å². The molecule has 7 nitrogen and oxygen atoms in total. The minimum absolute atomic E-state index is 0.204. The fourth-order valence-electron chi connectivity index (χ4n) is 2.71. The van der Waals surface area contributed by atoms with E-state index in [0.29, 0.717) is 27.2 Å². The maximum atomic E-state index is 12.7. The number of hydrogen-bond acceptors (Lipinski definition) is 5. The maximum absolute atomic E-state index is 12.7. The zero-order valence-corrected chi connectivity index (χ0v) is 14.7. The fraction of sp³-hybridized carbons (Fsp3) is 0.111. The molecule has 3 heterocycles. The number of benzene rings is 1. The van der Waals surface area contributed by atoms with Crippen molar-refractivity contribution in [2.75, 3.05) is 0 Å². The molecule has 0 fully saturated rings. The second kappa shape index (κ2) is 6.64. The average Bonchev–Trinajstić information content (AvgIpc) is 3.18. The SMILES string of the molecule is Cc1cccc(Cn2ncc3cc(S(=O)c4ccn[nH]4)ccc3c2=O)n1. The van der Waals surface area contributed by atoms with Crippen LogP contribution < -0.4 is 5.56 Å². The van der Waals surface area contributed by atoms with Gasteiger partial charge in [0, 0.05) is 22.2 Å². The van der Waals surface area contributed by atoms with E-state index in [2.05, 4.69) is 20.3 Å². The number of pyridine rings is 1. The molecule has 1 unspecified atom stereocenters. The van der Waals surface area contributed by atoms with Crippen LogP contribution >= 0.6 is 0 Å². The summed E-state index contributed by atoms with van der Waals surface area (Å²) in [5, 5.41) is 12.4. The topological polar surface area (TPSA) is 93.5 Å². The van der Waals surface area contributed by atoms with Crippen LogP contribution in [0.3, 0.4) is 0 Å². The molecule has 0 spiro atoms. The van der Waals surface area contributed by atoms with Crippen molar-refractivity contribution in [1.29, 1.82) is 0 Å². The first-order chi connectivity index (χ1) is 12.6. The molecule has 1 atom stereocenters. The zero-order chi connectivity index (χ0) is 18.1. The van der Waals surface area contributed by atoms with Crippen LogP contribution in [0.1, 0.15) is 11.4 Å². The summed E-state index contributed by atoms with van der Waals surface area (Å²) >= 11 is 0. The number of aromatic nitrogens is 5. The summed E-state index contributed by atoms with van der Waals surface area (Å²) < 4.78 is 13.9. The Labute approximate surface area is 151 Å². The van der Waals surface area contributed by atoms with Gasteiger partial charge in [-0.2, -0.15) is 10.2 Å². The van der Waals surface area contributed by atoms with Gasteiger partial charge in [-0.3, -0.25) is 14.9 Å². The highest BCUT2D eigenvalue weighted by Crippen LogP contribution is 2.18. The number of nitrogens with zero attached hydrogens (tertiary/aromatic N) is 4. The molecule has 4 rings (SSSR count). The molecular formula is C18H15N5O2S. The Morgan fingerprint density at radius 2 is 2.08 bits per heavy atom. The summed E-state index contributed by atoms with van der Waals surface area (Å²) in [6.45, 7) is 2.21. The van der Waals surface area contributed by atoms with Gasteiger partial charge in [0.05, 0.1) is 23.8 Å². The molecule has 26 heavy (non-hydrogen) atoms. The quantitative estimate of drug-likeness (QED) is 0.597. The molecule has 0 aliphatic carbocycles. The summed E-state index contributed by atoms with van der Waals surface area (Å²) in [5.74, 6) is 0. The summed E-state index contributed by atoms with van der Waals surface area (Å²) in [6, 6.07) is 12.4. The Balaban J connectivity index is 1.71. The normalized spacial score (nSPS) is 12.3. The molecule has 0 radical (unpaired) electrons. The van der Waals surface area contributed by atoms with Crippen molar-refractivity contribution in [1.82, 2.24) is 25.0 Å². The van der Waals surface area contributed by atoms with E-state index in [1.54, 1.807) is 36.7 Å². The second-order valence-electron chi connectivity index (χ2n) is 5.82. The second-order valence-corrected chi connectivity index (χ2v) is 7.27. The van der Waals surface area contributed by atoms with Gasteiger partial charge in [0.15, 0.2) is 0 Å². The van der Waals surface area contributed by atoms with Gasteiger partial charge in [-0.1, -0.05) is 6.07 Å². The highest BCUT2D eigenvalue weighted by molar-refractivity contribution is 7.85.